The Balaban J connectivity index is 2.30. The summed E-state index contributed by atoms with van der Waals surface area (Å²) in [5.74, 6) is 0. The Kier molecular flexibility index (Phi) is 5.19. The molecule has 0 heterocycles. The summed E-state index contributed by atoms with van der Waals surface area (Å²) in [6.45, 7) is 3.98. The number of hydrogen-bond acceptors (Lipinski definition) is 2. The summed E-state index contributed by atoms with van der Waals surface area (Å²) in [5.41, 5.74) is 2.13. The van der Waals surface area contributed by atoms with Crippen LogP contribution in [0.1, 0.15) is 30.5 Å². The lowest BCUT2D eigenvalue weighted by Gasteiger charge is -2.18. The number of hydrogen-bond donors (Lipinski definition) is 1. The molecule has 1 unspecified atom stereocenters. The van der Waals surface area contributed by atoms with E-state index in [0.29, 0.717) is 10.9 Å². The molecule has 0 saturated heterocycles. The van der Waals surface area contributed by atoms with Gasteiger partial charge in [-0.15, -0.1) is 0 Å². The monoisotopic (exact) mass is 367 g/mol. The molecule has 1 N–H and O–H groups in total. The second-order valence-electron chi connectivity index (χ2n) is 4.92. The molecule has 5 heteroatoms. The molecule has 0 aromatic heterocycles. The van der Waals surface area contributed by atoms with Crippen LogP contribution in [0.2, 0.25) is 0 Å². The minimum atomic E-state index is -3.56. The van der Waals surface area contributed by atoms with Crippen molar-refractivity contribution in [3.8, 4) is 0 Å². The molecule has 0 fully saturated rings. The summed E-state index contributed by atoms with van der Waals surface area (Å²) in [5, 5.41) is 0. The van der Waals surface area contributed by atoms with Gasteiger partial charge in [0.1, 0.15) is 0 Å². The largest absolute Gasteiger partial charge is 0.242 e. The highest BCUT2D eigenvalue weighted by molar-refractivity contribution is 9.10. The summed E-state index contributed by atoms with van der Waals surface area (Å²) < 4.78 is 28.4. The van der Waals surface area contributed by atoms with Crippen LogP contribution in [0, 0.1) is 6.92 Å². The Morgan fingerprint density at radius 3 is 2.29 bits per heavy atom. The molecular formula is C16H18BrNO2S. The topological polar surface area (TPSA) is 46.2 Å². The van der Waals surface area contributed by atoms with E-state index in [1.165, 1.54) is 0 Å². The van der Waals surface area contributed by atoms with E-state index in [2.05, 4.69) is 20.7 Å². The molecule has 112 valence electrons. The first-order valence-corrected chi connectivity index (χ1v) is 9.05. The second-order valence-corrected chi connectivity index (χ2v) is 7.46. The average molecular weight is 368 g/mol. The molecule has 21 heavy (non-hydrogen) atoms. The SMILES string of the molecule is CCC(NS(=O)(=O)c1ccccc1Br)c1ccc(C)cc1. The fraction of sp³-hybridized carbons (Fsp3) is 0.250. The average Bonchev–Trinajstić information content (AvgIpc) is 2.46. The molecule has 0 amide bonds. The second kappa shape index (κ2) is 6.73. The lowest BCUT2D eigenvalue weighted by molar-refractivity contribution is 0.549. The molecule has 0 bridgehead atoms. The minimum Gasteiger partial charge on any atom is -0.207 e. The first-order chi connectivity index (χ1) is 9.94. The first kappa shape index (κ1) is 16.2. The molecule has 2 aromatic carbocycles. The van der Waals surface area contributed by atoms with E-state index in [-0.39, 0.29) is 10.9 Å². The lowest BCUT2D eigenvalue weighted by Crippen LogP contribution is -2.28. The number of halogens is 1. The van der Waals surface area contributed by atoms with Crippen molar-refractivity contribution in [1.82, 2.24) is 4.72 Å². The highest BCUT2D eigenvalue weighted by atomic mass is 79.9. The predicted octanol–water partition coefficient (Wildman–Crippen LogP) is 4.19. The molecule has 2 aromatic rings. The number of rotatable bonds is 5. The van der Waals surface area contributed by atoms with Gasteiger partial charge in [0.05, 0.1) is 4.90 Å². The van der Waals surface area contributed by atoms with Crippen LogP contribution in [0.15, 0.2) is 57.9 Å². The Hall–Kier alpha value is -1.17. The van der Waals surface area contributed by atoms with Gasteiger partial charge in [-0.2, -0.15) is 0 Å². The van der Waals surface area contributed by atoms with E-state index in [9.17, 15) is 8.42 Å². The molecule has 0 saturated carbocycles. The van der Waals surface area contributed by atoms with E-state index < -0.39 is 10.0 Å². The molecule has 1 atom stereocenters. The van der Waals surface area contributed by atoms with Gasteiger partial charge in [0.2, 0.25) is 10.0 Å². The van der Waals surface area contributed by atoms with E-state index in [1.807, 2.05) is 38.1 Å². The third kappa shape index (κ3) is 3.93. The maximum absolute atomic E-state index is 12.5. The molecular weight excluding hydrogens is 350 g/mol. The van der Waals surface area contributed by atoms with Gasteiger partial charge in [-0.25, -0.2) is 13.1 Å². The number of nitrogens with one attached hydrogen (secondary N) is 1. The van der Waals surface area contributed by atoms with Crippen LogP contribution >= 0.6 is 15.9 Å². The third-order valence-electron chi connectivity index (χ3n) is 3.31. The zero-order valence-corrected chi connectivity index (χ0v) is 14.4. The summed E-state index contributed by atoms with van der Waals surface area (Å²) in [7, 11) is -3.56. The molecule has 0 spiro atoms. The number of benzene rings is 2. The van der Waals surface area contributed by atoms with Crippen molar-refractivity contribution >= 4 is 26.0 Å². The number of sulfonamides is 1. The zero-order valence-electron chi connectivity index (χ0n) is 12.0. The van der Waals surface area contributed by atoms with Crippen LogP contribution in [0.3, 0.4) is 0 Å². The Morgan fingerprint density at radius 2 is 1.71 bits per heavy atom. The lowest BCUT2D eigenvalue weighted by atomic mass is 10.0. The molecule has 0 aliphatic carbocycles. The number of aryl methyl sites for hydroxylation is 1. The normalized spacial score (nSPS) is 13.1. The maximum atomic E-state index is 12.5. The quantitative estimate of drug-likeness (QED) is 0.860. The molecule has 3 nitrogen and oxygen atoms in total. The maximum Gasteiger partial charge on any atom is 0.242 e. The van der Waals surface area contributed by atoms with Crippen molar-refractivity contribution in [3.05, 3.63) is 64.1 Å². The van der Waals surface area contributed by atoms with Crippen LogP contribution in [-0.4, -0.2) is 8.42 Å². The van der Waals surface area contributed by atoms with Crippen molar-refractivity contribution in [2.45, 2.75) is 31.2 Å². The van der Waals surface area contributed by atoms with Gasteiger partial charge in [0.15, 0.2) is 0 Å². The summed E-state index contributed by atoms with van der Waals surface area (Å²) in [4.78, 5) is 0.260. The fourth-order valence-electron chi connectivity index (χ4n) is 2.10. The van der Waals surface area contributed by atoms with Gasteiger partial charge in [-0.1, -0.05) is 48.9 Å². The Bertz CT molecular complexity index is 711. The molecule has 0 aliphatic rings. The van der Waals surface area contributed by atoms with Gasteiger partial charge in [0.25, 0.3) is 0 Å². The van der Waals surface area contributed by atoms with E-state index >= 15 is 0 Å². The minimum absolute atomic E-state index is 0.234. The predicted molar refractivity (Wildman–Crippen MR) is 88.7 cm³/mol. The van der Waals surface area contributed by atoms with Crippen molar-refractivity contribution in [2.24, 2.45) is 0 Å². The van der Waals surface area contributed by atoms with Crippen LogP contribution < -0.4 is 4.72 Å². The zero-order chi connectivity index (χ0) is 15.5. The van der Waals surface area contributed by atoms with Crippen LogP contribution in [-0.2, 0) is 10.0 Å². The summed E-state index contributed by atoms with van der Waals surface area (Å²) in [6.07, 6.45) is 0.687. The Labute approximate surface area is 134 Å². The van der Waals surface area contributed by atoms with E-state index in [4.69, 9.17) is 0 Å². The van der Waals surface area contributed by atoms with Crippen molar-refractivity contribution in [1.29, 1.82) is 0 Å². The van der Waals surface area contributed by atoms with Gasteiger partial charge in [0, 0.05) is 10.5 Å². The summed E-state index contributed by atoms with van der Waals surface area (Å²) >= 11 is 3.29. The highest BCUT2D eigenvalue weighted by Crippen LogP contribution is 2.25. The standard InChI is InChI=1S/C16H18BrNO2S/c1-3-15(13-10-8-12(2)9-11-13)18-21(19,20)16-7-5-4-6-14(16)17/h4-11,15,18H,3H2,1-2H3. The van der Waals surface area contributed by atoms with Crippen LogP contribution in [0.25, 0.3) is 0 Å². The van der Waals surface area contributed by atoms with Crippen molar-refractivity contribution < 1.29 is 8.42 Å². The van der Waals surface area contributed by atoms with E-state index in [1.54, 1.807) is 24.3 Å². The Morgan fingerprint density at radius 1 is 1.10 bits per heavy atom. The fourth-order valence-corrected chi connectivity index (χ4v) is 4.41. The van der Waals surface area contributed by atoms with Crippen LogP contribution in [0.5, 0.6) is 0 Å². The van der Waals surface area contributed by atoms with Gasteiger partial charge in [-0.3, -0.25) is 0 Å². The van der Waals surface area contributed by atoms with Gasteiger partial charge in [-0.05, 0) is 47.0 Å². The van der Waals surface area contributed by atoms with E-state index in [0.717, 1.165) is 11.1 Å². The van der Waals surface area contributed by atoms with Crippen molar-refractivity contribution in [3.63, 3.8) is 0 Å². The molecule has 0 aliphatic heterocycles. The third-order valence-corrected chi connectivity index (χ3v) is 5.80. The smallest absolute Gasteiger partial charge is 0.207 e. The van der Waals surface area contributed by atoms with Crippen LogP contribution in [0.4, 0.5) is 0 Å². The van der Waals surface area contributed by atoms with Gasteiger partial charge < -0.3 is 0 Å². The highest BCUT2D eigenvalue weighted by Gasteiger charge is 2.22. The first-order valence-electron chi connectivity index (χ1n) is 6.77. The summed E-state index contributed by atoms with van der Waals surface area (Å²) in [6, 6.07) is 14.5. The van der Waals surface area contributed by atoms with Gasteiger partial charge >= 0.3 is 0 Å². The van der Waals surface area contributed by atoms with Crippen molar-refractivity contribution in [2.75, 3.05) is 0 Å². The molecule has 2 rings (SSSR count). The molecule has 0 radical (unpaired) electrons.